The first kappa shape index (κ1) is 15.3. The van der Waals surface area contributed by atoms with Gasteiger partial charge in [0.2, 0.25) is 0 Å². The van der Waals surface area contributed by atoms with Crippen molar-refractivity contribution in [3.63, 3.8) is 0 Å². The van der Waals surface area contributed by atoms with Gasteiger partial charge in [-0.3, -0.25) is 0 Å². The normalized spacial score (nSPS) is 9.90. The minimum Gasteiger partial charge on any atom is -0.489 e. The second-order valence-corrected chi connectivity index (χ2v) is 4.71. The number of alkyl halides is 1. The molecule has 0 atom stereocenters. The number of hydrogen-bond acceptors (Lipinski definition) is 1. The zero-order valence-corrected chi connectivity index (χ0v) is 12.2. The van der Waals surface area contributed by atoms with Crippen molar-refractivity contribution in [2.45, 2.75) is 13.5 Å². The van der Waals surface area contributed by atoms with Gasteiger partial charge in [0.25, 0.3) is 0 Å². The van der Waals surface area contributed by atoms with Gasteiger partial charge in [0.05, 0.1) is 5.88 Å². The maximum atomic E-state index is 13.5. The monoisotopic (exact) mass is 306 g/mol. The molecule has 2 aromatic rings. The predicted molar refractivity (Wildman–Crippen MR) is 79.5 cm³/mol. The van der Waals surface area contributed by atoms with E-state index in [4.69, 9.17) is 16.3 Å². The average Bonchev–Trinajstić information content (AvgIpc) is 2.47. The third-order valence-electron chi connectivity index (χ3n) is 2.87. The fourth-order valence-electron chi connectivity index (χ4n) is 1.83. The molecule has 0 spiro atoms. The first-order valence-corrected chi connectivity index (χ1v) is 6.86. The van der Waals surface area contributed by atoms with Crippen LogP contribution in [0.3, 0.4) is 0 Å². The average molecular weight is 307 g/mol. The second-order valence-electron chi connectivity index (χ2n) is 4.44. The van der Waals surface area contributed by atoms with E-state index in [1.165, 1.54) is 0 Å². The highest BCUT2D eigenvalue weighted by molar-refractivity contribution is 6.19. The summed E-state index contributed by atoms with van der Waals surface area (Å²) in [5, 5.41) is 0. The largest absolute Gasteiger partial charge is 0.489 e. The minimum atomic E-state index is -0.488. The molecule has 4 heteroatoms. The van der Waals surface area contributed by atoms with Crippen LogP contribution in [-0.2, 0) is 6.61 Å². The topological polar surface area (TPSA) is 9.23 Å². The number of ether oxygens (including phenoxy) is 1. The quantitative estimate of drug-likeness (QED) is 0.601. The van der Waals surface area contributed by atoms with E-state index in [0.717, 1.165) is 29.3 Å². The molecule has 0 saturated carbocycles. The Morgan fingerprint density at radius 2 is 1.95 bits per heavy atom. The molecule has 2 aromatic carbocycles. The maximum absolute atomic E-state index is 13.5. The Bertz CT molecular complexity index is 702. The van der Waals surface area contributed by atoms with Crippen molar-refractivity contribution in [2.24, 2.45) is 0 Å². The van der Waals surface area contributed by atoms with Crippen molar-refractivity contribution in [1.29, 1.82) is 0 Å². The van der Waals surface area contributed by atoms with E-state index in [1.54, 1.807) is 12.1 Å². The molecule has 108 valence electrons. The molecule has 0 bridgehead atoms. The third kappa shape index (κ3) is 4.21. The second kappa shape index (κ2) is 7.10. The summed E-state index contributed by atoms with van der Waals surface area (Å²) in [6, 6.07) is 8.70. The van der Waals surface area contributed by atoms with E-state index in [-0.39, 0.29) is 18.1 Å². The van der Waals surface area contributed by atoms with Gasteiger partial charge in [0.1, 0.15) is 24.0 Å². The summed E-state index contributed by atoms with van der Waals surface area (Å²) in [6.07, 6.45) is 0. The summed E-state index contributed by atoms with van der Waals surface area (Å²) >= 11 is 5.50. The van der Waals surface area contributed by atoms with Crippen LogP contribution in [-0.4, -0.2) is 5.88 Å². The van der Waals surface area contributed by atoms with Crippen LogP contribution in [0.5, 0.6) is 5.75 Å². The molecule has 0 saturated heterocycles. The Morgan fingerprint density at radius 3 is 2.67 bits per heavy atom. The van der Waals surface area contributed by atoms with E-state index in [9.17, 15) is 8.78 Å². The van der Waals surface area contributed by atoms with Crippen LogP contribution in [0.1, 0.15) is 16.7 Å². The van der Waals surface area contributed by atoms with Crippen molar-refractivity contribution in [3.05, 3.63) is 64.7 Å². The highest BCUT2D eigenvalue weighted by Crippen LogP contribution is 2.21. The molecular weight excluding hydrogens is 294 g/mol. The van der Waals surface area contributed by atoms with Crippen LogP contribution in [0.2, 0.25) is 0 Å². The number of aryl methyl sites for hydroxylation is 1. The zero-order valence-electron chi connectivity index (χ0n) is 11.4. The highest BCUT2D eigenvalue weighted by atomic mass is 35.5. The molecule has 0 unspecified atom stereocenters. The number of hydrogen-bond donors (Lipinski definition) is 0. The van der Waals surface area contributed by atoms with Crippen molar-refractivity contribution >= 4 is 11.6 Å². The zero-order chi connectivity index (χ0) is 15.2. The van der Waals surface area contributed by atoms with Gasteiger partial charge in [-0.1, -0.05) is 11.8 Å². The highest BCUT2D eigenvalue weighted by Gasteiger charge is 2.06. The van der Waals surface area contributed by atoms with Crippen LogP contribution in [0.4, 0.5) is 8.78 Å². The predicted octanol–water partition coefficient (Wildman–Crippen LogP) is 4.44. The van der Waals surface area contributed by atoms with E-state index in [2.05, 4.69) is 11.8 Å². The lowest BCUT2D eigenvalue weighted by atomic mass is 10.1. The van der Waals surface area contributed by atoms with Gasteiger partial charge in [-0.2, -0.15) is 0 Å². The van der Waals surface area contributed by atoms with Crippen LogP contribution in [0.15, 0.2) is 36.4 Å². The van der Waals surface area contributed by atoms with E-state index in [1.807, 2.05) is 13.0 Å². The van der Waals surface area contributed by atoms with Gasteiger partial charge in [-0.15, -0.1) is 11.6 Å². The molecular formula is C17H13ClF2O. The van der Waals surface area contributed by atoms with Crippen LogP contribution in [0.25, 0.3) is 0 Å². The first-order chi connectivity index (χ1) is 10.1. The summed E-state index contributed by atoms with van der Waals surface area (Å²) in [5.74, 6) is 5.58. The van der Waals surface area contributed by atoms with Crippen LogP contribution < -0.4 is 4.74 Å². The van der Waals surface area contributed by atoms with Gasteiger partial charge in [0.15, 0.2) is 0 Å². The summed E-state index contributed by atoms with van der Waals surface area (Å²) in [5.41, 5.74) is 1.88. The first-order valence-electron chi connectivity index (χ1n) is 6.32. The molecule has 1 nitrogen and oxygen atoms in total. The van der Waals surface area contributed by atoms with Gasteiger partial charge in [-0.05, 0) is 48.9 Å². The Labute approximate surface area is 127 Å². The lowest BCUT2D eigenvalue weighted by Gasteiger charge is -2.10. The van der Waals surface area contributed by atoms with Crippen molar-refractivity contribution in [2.75, 3.05) is 5.88 Å². The molecule has 0 heterocycles. The molecule has 21 heavy (non-hydrogen) atoms. The molecule has 0 aliphatic carbocycles. The lowest BCUT2D eigenvalue weighted by Crippen LogP contribution is -2.00. The summed E-state index contributed by atoms with van der Waals surface area (Å²) in [7, 11) is 0. The molecule has 0 aliphatic heterocycles. The number of benzene rings is 2. The minimum absolute atomic E-state index is 0.0306. The number of halogens is 3. The Kier molecular flexibility index (Phi) is 5.19. The Hall–Kier alpha value is -2.05. The molecule has 0 amide bonds. The van der Waals surface area contributed by atoms with Crippen LogP contribution >= 0.6 is 11.6 Å². The van der Waals surface area contributed by atoms with Crippen LogP contribution in [0, 0.1) is 30.4 Å². The molecule has 2 rings (SSSR count). The van der Waals surface area contributed by atoms with E-state index < -0.39 is 11.6 Å². The van der Waals surface area contributed by atoms with Gasteiger partial charge < -0.3 is 4.74 Å². The van der Waals surface area contributed by atoms with Gasteiger partial charge in [-0.25, -0.2) is 8.78 Å². The fraction of sp³-hybridized carbons (Fsp3) is 0.176. The molecule has 0 aromatic heterocycles. The standard InChI is InChI=1S/C17H13ClF2O/c1-12-9-13(3-2-8-18)4-7-17(12)21-11-14-10-15(19)5-6-16(14)20/h4-7,9-10H,8,11H2,1H3. The molecule has 0 fully saturated rings. The molecule has 0 aliphatic rings. The van der Waals surface area contributed by atoms with E-state index in [0.29, 0.717) is 5.75 Å². The van der Waals surface area contributed by atoms with Gasteiger partial charge >= 0.3 is 0 Å². The van der Waals surface area contributed by atoms with E-state index >= 15 is 0 Å². The van der Waals surface area contributed by atoms with Crippen molar-refractivity contribution in [3.8, 4) is 17.6 Å². The Morgan fingerprint density at radius 1 is 1.14 bits per heavy atom. The third-order valence-corrected chi connectivity index (χ3v) is 3.00. The summed E-state index contributed by atoms with van der Waals surface area (Å²) in [4.78, 5) is 0. The molecule has 0 radical (unpaired) electrons. The maximum Gasteiger partial charge on any atom is 0.130 e. The Balaban J connectivity index is 2.11. The van der Waals surface area contributed by atoms with Gasteiger partial charge in [0, 0.05) is 11.1 Å². The summed E-state index contributed by atoms with van der Waals surface area (Å²) in [6.45, 7) is 1.83. The number of rotatable bonds is 3. The SMILES string of the molecule is Cc1cc(C#CCCl)ccc1OCc1cc(F)ccc1F. The van der Waals surface area contributed by atoms with Crippen molar-refractivity contribution < 1.29 is 13.5 Å². The fourth-order valence-corrected chi connectivity index (χ4v) is 1.90. The lowest BCUT2D eigenvalue weighted by molar-refractivity contribution is 0.297. The summed E-state index contributed by atoms with van der Waals surface area (Å²) < 4.78 is 32.1. The van der Waals surface area contributed by atoms with Crippen molar-refractivity contribution in [1.82, 2.24) is 0 Å². The smallest absolute Gasteiger partial charge is 0.130 e. The molecule has 0 N–H and O–H groups in total.